The Morgan fingerprint density at radius 3 is 3.31 bits per heavy atom. The van der Waals surface area contributed by atoms with E-state index in [4.69, 9.17) is 9.47 Å². The minimum Gasteiger partial charge on any atom is -0.466 e. The van der Waals surface area contributed by atoms with E-state index in [0.717, 1.165) is 0 Å². The van der Waals surface area contributed by atoms with Crippen LogP contribution >= 0.6 is 0 Å². The standard InChI is InChI=1S/C11H13NO4/c1-15-10(13)7-4-12-9-8-6(7)2-3-11(8,14)5-16-9/h2-4,6,8-9,12,14H,5H2,1H3/t6-,8-,9-,11-/m1/s1. The summed E-state index contributed by atoms with van der Waals surface area (Å²) in [6.45, 7) is 0.268. The molecule has 0 unspecified atom stereocenters. The lowest BCUT2D eigenvalue weighted by Crippen LogP contribution is -2.46. The van der Waals surface area contributed by atoms with Gasteiger partial charge >= 0.3 is 5.97 Å². The molecule has 2 N–H and O–H groups in total. The van der Waals surface area contributed by atoms with Crippen LogP contribution in [0.15, 0.2) is 23.9 Å². The molecule has 2 heterocycles. The molecule has 1 aliphatic carbocycles. The molecule has 0 radical (unpaired) electrons. The lowest BCUT2D eigenvalue weighted by Gasteiger charge is -2.32. The van der Waals surface area contributed by atoms with Gasteiger partial charge in [0.2, 0.25) is 0 Å². The predicted molar refractivity (Wildman–Crippen MR) is 54.0 cm³/mol. The highest BCUT2D eigenvalue weighted by molar-refractivity contribution is 5.89. The highest BCUT2D eigenvalue weighted by Crippen LogP contribution is 2.47. The maximum atomic E-state index is 11.6. The van der Waals surface area contributed by atoms with E-state index in [9.17, 15) is 9.90 Å². The summed E-state index contributed by atoms with van der Waals surface area (Å²) in [4.78, 5) is 11.6. The normalized spacial score (nSPS) is 43.6. The molecule has 3 rings (SSSR count). The third-order valence-corrected chi connectivity index (χ3v) is 3.56. The van der Waals surface area contributed by atoms with Gasteiger partial charge in [0, 0.05) is 18.0 Å². The maximum Gasteiger partial charge on any atom is 0.335 e. The molecule has 5 heteroatoms. The fraction of sp³-hybridized carbons (Fsp3) is 0.545. The summed E-state index contributed by atoms with van der Waals surface area (Å²) >= 11 is 0. The summed E-state index contributed by atoms with van der Waals surface area (Å²) in [6, 6.07) is 0. The Morgan fingerprint density at radius 2 is 2.56 bits per heavy atom. The molecule has 16 heavy (non-hydrogen) atoms. The van der Waals surface area contributed by atoms with Crippen molar-refractivity contribution >= 4 is 5.97 Å². The molecule has 0 bridgehead atoms. The number of hydrogen-bond donors (Lipinski definition) is 2. The summed E-state index contributed by atoms with van der Waals surface area (Å²) in [6.07, 6.45) is 4.99. The Bertz CT molecular complexity index is 403. The van der Waals surface area contributed by atoms with E-state index >= 15 is 0 Å². The Hall–Kier alpha value is -1.33. The first-order chi connectivity index (χ1) is 7.65. The molecule has 86 valence electrons. The van der Waals surface area contributed by atoms with Crippen molar-refractivity contribution in [2.24, 2.45) is 11.8 Å². The van der Waals surface area contributed by atoms with Gasteiger partial charge in [-0.1, -0.05) is 12.2 Å². The van der Waals surface area contributed by atoms with Gasteiger partial charge < -0.3 is 19.9 Å². The number of aliphatic hydroxyl groups is 1. The zero-order valence-corrected chi connectivity index (χ0v) is 8.84. The number of allylic oxidation sites excluding steroid dienone is 1. The van der Waals surface area contributed by atoms with Crippen LogP contribution in [-0.2, 0) is 14.3 Å². The Balaban J connectivity index is 1.98. The molecule has 0 saturated carbocycles. The fourth-order valence-corrected chi connectivity index (χ4v) is 2.76. The molecule has 2 aliphatic heterocycles. The number of ether oxygens (including phenoxy) is 2. The van der Waals surface area contributed by atoms with E-state index in [-0.39, 0.29) is 30.6 Å². The van der Waals surface area contributed by atoms with Crippen molar-refractivity contribution in [3.05, 3.63) is 23.9 Å². The first-order valence-electron chi connectivity index (χ1n) is 5.23. The number of esters is 1. The van der Waals surface area contributed by atoms with Gasteiger partial charge in [-0.25, -0.2) is 4.79 Å². The van der Waals surface area contributed by atoms with Crippen molar-refractivity contribution in [3.8, 4) is 0 Å². The number of rotatable bonds is 1. The van der Waals surface area contributed by atoms with Crippen molar-refractivity contribution in [2.75, 3.05) is 13.7 Å². The second-order valence-corrected chi connectivity index (χ2v) is 4.39. The lowest BCUT2D eigenvalue weighted by atomic mass is 9.80. The molecule has 0 aromatic heterocycles. The molecular formula is C11H13NO4. The van der Waals surface area contributed by atoms with Gasteiger partial charge in [0.15, 0.2) is 0 Å². The van der Waals surface area contributed by atoms with Crippen molar-refractivity contribution in [2.45, 2.75) is 11.8 Å². The van der Waals surface area contributed by atoms with Crippen LogP contribution in [0.2, 0.25) is 0 Å². The van der Waals surface area contributed by atoms with Gasteiger partial charge in [-0.05, 0) is 0 Å². The zero-order chi connectivity index (χ0) is 11.3. The van der Waals surface area contributed by atoms with E-state index in [1.165, 1.54) is 7.11 Å². The van der Waals surface area contributed by atoms with Gasteiger partial charge in [-0.3, -0.25) is 0 Å². The highest BCUT2D eigenvalue weighted by atomic mass is 16.5. The number of carbonyl (C=O) groups excluding carboxylic acids is 1. The van der Waals surface area contributed by atoms with E-state index in [0.29, 0.717) is 5.57 Å². The van der Waals surface area contributed by atoms with Crippen LogP contribution < -0.4 is 5.32 Å². The molecule has 3 aliphatic rings. The Morgan fingerprint density at radius 1 is 1.75 bits per heavy atom. The van der Waals surface area contributed by atoms with Crippen LogP contribution in [-0.4, -0.2) is 36.6 Å². The van der Waals surface area contributed by atoms with Crippen molar-refractivity contribution in [3.63, 3.8) is 0 Å². The maximum absolute atomic E-state index is 11.6. The van der Waals surface area contributed by atoms with Crippen LogP contribution in [0.1, 0.15) is 0 Å². The number of nitrogens with one attached hydrogen (secondary N) is 1. The molecule has 5 nitrogen and oxygen atoms in total. The third kappa shape index (κ3) is 1.10. The van der Waals surface area contributed by atoms with Crippen molar-refractivity contribution < 1.29 is 19.4 Å². The molecule has 0 amide bonds. The van der Waals surface area contributed by atoms with Crippen molar-refractivity contribution in [1.29, 1.82) is 0 Å². The quantitative estimate of drug-likeness (QED) is 0.465. The van der Waals surface area contributed by atoms with Crippen LogP contribution in [0.5, 0.6) is 0 Å². The second-order valence-electron chi connectivity index (χ2n) is 4.39. The molecule has 4 atom stereocenters. The van der Waals surface area contributed by atoms with E-state index in [1.807, 2.05) is 6.08 Å². The van der Waals surface area contributed by atoms with E-state index in [1.54, 1.807) is 12.3 Å². The summed E-state index contributed by atoms with van der Waals surface area (Å²) < 4.78 is 10.2. The topological polar surface area (TPSA) is 67.8 Å². The van der Waals surface area contributed by atoms with Crippen LogP contribution in [0.4, 0.5) is 0 Å². The van der Waals surface area contributed by atoms with Crippen LogP contribution in [0.25, 0.3) is 0 Å². The first-order valence-corrected chi connectivity index (χ1v) is 5.23. The largest absolute Gasteiger partial charge is 0.466 e. The summed E-state index contributed by atoms with van der Waals surface area (Å²) in [5.74, 6) is -0.616. The van der Waals surface area contributed by atoms with Gasteiger partial charge in [0.05, 0.1) is 19.3 Å². The SMILES string of the molecule is COC(=O)C1=CN[C@@H]2OC[C@]3(O)C=C[C@H]1[C@H]23. The number of hydrogen-bond acceptors (Lipinski definition) is 5. The summed E-state index contributed by atoms with van der Waals surface area (Å²) in [7, 11) is 1.35. The average Bonchev–Trinajstić information content (AvgIpc) is 2.81. The smallest absolute Gasteiger partial charge is 0.335 e. The van der Waals surface area contributed by atoms with Crippen LogP contribution in [0.3, 0.4) is 0 Å². The first kappa shape index (κ1) is 9.86. The third-order valence-electron chi connectivity index (χ3n) is 3.56. The van der Waals surface area contributed by atoms with E-state index < -0.39 is 5.60 Å². The predicted octanol–water partition coefficient (Wildman–Crippen LogP) is -0.464. The fourth-order valence-electron chi connectivity index (χ4n) is 2.76. The monoisotopic (exact) mass is 223 g/mol. The zero-order valence-electron chi connectivity index (χ0n) is 8.84. The lowest BCUT2D eigenvalue weighted by molar-refractivity contribution is -0.137. The minimum absolute atomic E-state index is 0.119. The number of methoxy groups -OCH3 is 1. The molecule has 0 aromatic carbocycles. The van der Waals surface area contributed by atoms with Gasteiger partial charge in [0.1, 0.15) is 11.8 Å². The summed E-state index contributed by atoms with van der Waals surface area (Å²) in [5.41, 5.74) is -0.406. The Labute approximate surface area is 92.7 Å². The highest BCUT2D eigenvalue weighted by Gasteiger charge is 2.56. The van der Waals surface area contributed by atoms with Gasteiger partial charge in [0.25, 0.3) is 0 Å². The van der Waals surface area contributed by atoms with Gasteiger partial charge in [-0.15, -0.1) is 0 Å². The van der Waals surface area contributed by atoms with Crippen molar-refractivity contribution in [1.82, 2.24) is 5.32 Å². The van der Waals surface area contributed by atoms with Gasteiger partial charge in [-0.2, -0.15) is 0 Å². The molecule has 1 fully saturated rings. The van der Waals surface area contributed by atoms with E-state index in [2.05, 4.69) is 5.32 Å². The molecule has 0 aromatic rings. The Kier molecular flexibility index (Phi) is 1.90. The average molecular weight is 223 g/mol. The molecular weight excluding hydrogens is 210 g/mol. The molecule has 1 saturated heterocycles. The second kappa shape index (κ2) is 3.09. The molecule has 0 spiro atoms. The minimum atomic E-state index is -0.949. The summed E-state index contributed by atoms with van der Waals surface area (Å²) in [5, 5.41) is 13.3. The van der Waals surface area contributed by atoms with Crippen LogP contribution in [0, 0.1) is 11.8 Å². The number of carbonyl (C=O) groups is 1.